The summed E-state index contributed by atoms with van der Waals surface area (Å²) < 4.78 is 8.15. The van der Waals surface area contributed by atoms with Gasteiger partial charge in [0.2, 0.25) is 0 Å². The number of anilines is 1. The lowest BCUT2D eigenvalue weighted by atomic mass is 9.85. The van der Waals surface area contributed by atoms with Gasteiger partial charge in [-0.25, -0.2) is 9.97 Å². The minimum Gasteiger partial charge on any atom is -0.493 e. The van der Waals surface area contributed by atoms with Crippen molar-refractivity contribution in [1.82, 2.24) is 19.4 Å². The molecule has 0 bridgehead atoms. The van der Waals surface area contributed by atoms with Crippen LogP contribution in [0.4, 0.5) is 5.82 Å². The second-order valence-electron chi connectivity index (χ2n) is 8.07. The molecule has 0 radical (unpaired) electrons. The van der Waals surface area contributed by atoms with Crippen molar-refractivity contribution in [2.24, 2.45) is 0 Å². The highest BCUT2D eigenvalue weighted by Crippen LogP contribution is 2.41. The monoisotopic (exact) mass is 454 g/mol. The van der Waals surface area contributed by atoms with E-state index in [1.165, 1.54) is 6.33 Å². The smallest absolute Gasteiger partial charge is 0.145 e. The maximum absolute atomic E-state index is 9.80. The molecule has 32 heavy (non-hydrogen) atoms. The van der Waals surface area contributed by atoms with E-state index in [1.807, 2.05) is 26.1 Å². The molecule has 2 aromatic heterocycles. The van der Waals surface area contributed by atoms with E-state index in [9.17, 15) is 10.4 Å². The van der Waals surface area contributed by atoms with Crippen molar-refractivity contribution >= 4 is 28.5 Å². The van der Waals surface area contributed by atoms with E-state index in [0.29, 0.717) is 42.5 Å². The predicted octanol–water partition coefficient (Wildman–Crippen LogP) is 2.88. The molecule has 0 aliphatic carbocycles. The average molecular weight is 455 g/mol. The number of nitrogen functional groups attached to an aromatic ring is 1. The number of aryl methyl sites for hydroxylation is 3. The molecule has 3 N–H and O–H groups in total. The van der Waals surface area contributed by atoms with Crippen LogP contribution in [0.15, 0.2) is 18.6 Å². The fourth-order valence-corrected chi connectivity index (χ4v) is 4.82. The van der Waals surface area contributed by atoms with E-state index in [2.05, 4.69) is 25.5 Å². The molecule has 4 rings (SSSR count). The van der Waals surface area contributed by atoms with Gasteiger partial charge in [0, 0.05) is 43.9 Å². The van der Waals surface area contributed by atoms with Gasteiger partial charge in [-0.15, -0.1) is 0 Å². The third-order valence-electron chi connectivity index (χ3n) is 6.02. The second kappa shape index (κ2) is 9.33. The van der Waals surface area contributed by atoms with Gasteiger partial charge in [0.1, 0.15) is 29.6 Å². The zero-order valence-corrected chi connectivity index (χ0v) is 19.1. The lowest BCUT2D eigenvalue weighted by molar-refractivity contribution is 0.114. The van der Waals surface area contributed by atoms with Crippen LogP contribution < -0.4 is 10.5 Å². The highest BCUT2D eigenvalue weighted by molar-refractivity contribution is 6.32. The summed E-state index contributed by atoms with van der Waals surface area (Å²) in [5, 5.41) is 20.3. The third-order valence-corrected chi connectivity index (χ3v) is 6.32. The molecule has 1 aliphatic rings. The van der Waals surface area contributed by atoms with Gasteiger partial charge in [-0.3, -0.25) is 4.90 Å². The molecule has 1 fully saturated rings. The molecule has 3 aromatic rings. The van der Waals surface area contributed by atoms with Crippen LogP contribution >= 0.6 is 11.6 Å². The quantitative estimate of drug-likeness (QED) is 0.538. The number of aliphatic hydroxyl groups excluding tert-OH is 1. The first-order valence-corrected chi connectivity index (χ1v) is 11.1. The van der Waals surface area contributed by atoms with E-state index in [-0.39, 0.29) is 12.5 Å². The summed E-state index contributed by atoms with van der Waals surface area (Å²) in [6.45, 7) is 7.37. The van der Waals surface area contributed by atoms with Crippen molar-refractivity contribution < 1.29 is 9.84 Å². The average Bonchev–Trinajstić information content (AvgIpc) is 3.07. The highest BCUT2D eigenvalue weighted by Gasteiger charge is 2.34. The summed E-state index contributed by atoms with van der Waals surface area (Å²) in [4.78, 5) is 10.7. The van der Waals surface area contributed by atoms with Crippen LogP contribution in [0, 0.1) is 18.3 Å². The van der Waals surface area contributed by atoms with Gasteiger partial charge < -0.3 is 20.1 Å². The Hall–Kier alpha value is -2.86. The first kappa shape index (κ1) is 22.3. The molecule has 3 heterocycles. The first-order chi connectivity index (χ1) is 15.5. The van der Waals surface area contributed by atoms with Crippen molar-refractivity contribution in [2.45, 2.75) is 32.7 Å². The van der Waals surface area contributed by atoms with Crippen molar-refractivity contribution in [3.05, 3.63) is 45.9 Å². The van der Waals surface area contributed by atoms with Crippen LogP contribution in [-0.2, 0) is 13.0 Å². The zero-order valence-electron chi connectivity index (χ0n) is 18.3. The van der Waals surface area contributed by atoms with Gasteiger partial charge in [-0.05, 0) is 37.5 Å². The van der Waals surface area contributed by atoms with E-state index in [1.54, 1.807) is 0 Å². The van der Waals surface area contributed by atoms with Gasteiger partial charge in [0.25, 0.3) is 0 Å². The number of β-amino-alcohol motifs (C(OH)–C–C–N with tert-alkyl or cyclic N) is 1. The number of nitrogens with two attached hydrogens (primary N) is 1. The molecule has 1 aliphatic heterocycles. The van der Waals surface area contributed by atoms with Crippen molar-refractivity contribution in [3.8, 4) is 11.8 Å². The van der Waals surface area contributed by atoms with Crippen LogP contribution in [0.2, 0.25) is 5.02 Å². The molecule has 1 aromatic carbocycles. The third kappa shape index (κ3) is 3.99. The Morgan fingerprint density at radius 1 is 1.34 bits per heavy atom. The van der Waals surface area contributed by atoms with Gasteiger partial charge in [0.05, 0.1) is 29.2 Å². The summed E-state index contributed by atoms with van der Waals surface area (Å²) in [5.74, 6) is 1.38. The number of nitriles is 1. The van der Waals surface area contributed by atoms with Crippen LogP contribution in [0.3, 0.4) is 0 Å². The molecule has 0 amide bonds. The van der Waals surface area contributed by atoms with E-state index in [0.717, 1.165) is 46.6 Å². The molecule has 9 heteroatoms. The number of hydrogen-bond acceptors (Lipinski definition) is 7. The van der Waals surface area contributed by atoms with Crippen LogP contribution in [0.1, 0.15) is 35.1 Å². The van der Waals surface area contributed by atoms with Crippen LogP contribution in [0.5, 0.6) is 5.75 Å². The Kier molecular flexibility index (Phi) is 6.51. The van der Waals surface area contributed by atoms with E-state index < -0.39 is 0 Å². The fourth-order valence-electron chi connectivity index (χ4n) is 4.54. The summed E-state index contributed by atoms with van der Waals surface area (Å²) in [6.07, 6.45) is 4.17. The molecule has 0 spiro atoms. The van der Waals surface area contributed by atoms with Crippen molar-refractivity contribution in [3.63, 3.8) is 0 Å². The van der Waals surface area contributed by atoms with Crippen molar-refractivity contribution in [1.29, 1.82) is 5.26 Å². The fraction of sp³-hybridized carbons (Fsp3) is 0.435. The molecule has 0 saturated carbocycles. The Balaban J connectivity index is 1.69. The van der Waals surface area contributed by atoms with Crippen LogP contribution in [0.25, 0.3) is 11.0 Å². The van der Waals surface area contributed by atoms with Gasteiger partial charge in [-0.2, -0.15) is 5.26 Å². The van der Waals surface area contributed by atoms with E-state index >= 15 is 0 Å². The summed E-state index contributed by atoms with van der Waals surface area (Å²) in [5.41, 5.74) is 10.2. The lowest BCUT2D eigenvalue weighted by Gasteiger charge is -2.40. The summed E-state index contributed by atoms with van der Waals surface area (Å²) in [6, 6.07) is 4.13. The Morgan fingerprint density at radius 2 is 2.12 bits per heavy atom. The maximum atomic E-state index is 9.80. The van der Waals surface area contributed by atoms with Gasteiger partial charge in [0.15, 0.2) is 0 Å². The number of aromatic nitrogens is 3. The number of ether oxygens (including phenoxy) is 1. The number of halogens is 1. The van der Waals surface area contributed by atoms with Gasteiger partial charge >= 0.3 is 0 Å². The van der Waals surface area contributed by atoms with Gasteiger partial charge in [-0.1, -0.05) is 11.6 Å². The molecular weight excluding hydrogens is 428 g/mol. The number of likely N-dealkylation sites (tertiary alicyclic amines) is 1. The largest absolute Gasteiger partial charge is 0.493 e. The summed E-state index contributed by atoms with van der Waals surface area (Å²) >= 11 is 6.56. The summed E-state index contributed by atoms with van der Waals surface area (Å²) in [7, 11) is 0. The number of aliphatic hydroxyl groups is 1. The predicted molar refractivity (Wildman–Crippen MR) is 124 cm³/mol. The minimum absolute atomic E-state index is 0.120. The standard InChI is InChI=1S/C23H27ClN6O2/c1-3-32-21-15(4-5-30-10-14(2)19-22(26)27-13-28-23(19)30)8-18(24)17(9-25)20(21)16-11-29(12-16)6-7-31/h8,10,13,16,31H,3-7,11-12H2,1-2H3,(H2,26,27,28). The Bertz CT molecular complexity index is 1180. The zero-order chi connectivity index (χ0) is 22.8. The normalized spacial score (nSPS) is 14.5. The molecule has 8 nitrogen and oxygen atoms in total. The first-order valence-electron chi connectivity index (χ1n) is 10.8. The molecule has 1 saturated heterocycles. The number of hydrogen-bond donors (Lipinski definition) is 2. The van der Waals surface area contributed by atoms with Crippen molar-refractivity contribution in [2.75, 3.05) is 38.6 Å². The second-order valence-corrected chi connectivity index (χ2v) is 8.48. The highest BCUT2D eigenvalue weighted by atomic mass is 35.5. The minimum atomic E-state index is 0.120. The lowest BCUT2D eigenvalue weighted by Crippen LogP contribution is -2.46. The van der Waals surface area contributed by atoms with E-state index in [4.69, 9.17) is 22.1 Å². The molecule has 0 atom stereocenters. The molecule has 168 valence electrons. The SMILES string of the molecule is CCOc1c(CCn2cc(C)c3c(N)ncnc32)cc(Cl)c(C#N)c1C1CN(CCO)C1. The Labute approximate surface area is 192 Å². The molecular formula is C23H27ClN6O2. The molecule has 0 unspecified atom stereocenters. The number of nitrogens with zero attached hydrogens (tertiary/aromatic N) is 5. The number of fused-ring (bicyclic) bond motifs is 1. The maximum Gasteiger partial charge on any atom is 0.145 e. The Morgan fingerprint density at radius 3 is 2.81 bits per heavy atom. The topological polar surface area (TPSA) is 113 Å². The van der Waals surface area contributed by atoms with Crippen LogP contribution in [-0.4, -0.2) is 57.4 Å². The number of benzene rings is 1. The number of rotatable bonds is 8.